The van der Waals surface area contributed by atoms with Crippen LogP contribution in [0.4, 0.5) is 0 Å². The summed E-state index contributed by atoms with van der Waals surface area (Å²) in [5, 5.41) is 0. The Morgan fingerprint density at radius 3 is 2.73 bits per heavy atom. The number of para-hydroxylation sites is 1. The second-order valence-corrected chi connectivity index (χ2v) is 7.34. The van der Waals surface area contributed by atoms with E-state index < -0.39 is 0 Å². The van der Waals surface area contributed by atoms with Crippen LogP contribution in [-0.4, -0.2) is 87.7 Å². The van der Waals surface area contributed by atoms with Gasteiger partial charge in [0.1, 0.15) is 0 Å². The van der Waals surface area contributed by atoms with Crippen molar-refractivity contribution in [2.24, 2.45) is 0 Å². The van der Waals surface area contributed by atoms with Crippen LogP contribution in [-0.2, 0) is 4.79 Å². The van der Waals surface area contributed by atoms with E-state index in [-0.39, 0.29) is 5.91 Å². The number of rotatable bonds is 5. The lowest BCUT2D eigenvalue weighted by atomic mass is 9.97. The molecule has 26 heavy (non-hydrogen) atoms. The highest BCUT2D eigenvalue weighted by atomic mass is 16.5. The van der Waals surface area contributed by atoms with E-state index >= 15 is 0 Å². The third kappa shape index (κ3) is 4.30. The molecule has 0 spiro atoms. The van der Waals surface area contributed by atoms with E-state index in [1.807, 2.05) is 17.0 Å². The van der Waals surface area contributed by atoms with Crippen LogP contribution in [0.2, 0.25) is 0 Å². The van der Waals surface area contributed by atoms with E-state index in [1.165, 1.54) is 0 Å². The van der Waals surface area contributed by atoms with Crippen LogP contribution in [0.25, 0.3) is 0 Å². The SMILES string of the molecule is COc1cccc([C@@H]2CCN(C(=O)CN3CCCN(C)CC3)C2)c1OC. The number of nitrogens with zero attached hydrogens (tertiary/aromatic N) is 3. The van der Waals surface area contributed by atoms with Crippen LogP contribution in [0.3, 0.4) is 0 Å². The number of ether oxygens (including phenoxy) is 2. The van der Waals surface area contributed by atoms with E-state index in [9.17, 15) is 4.79 Å². The number of likely N-dealkylation sites (tertiary alicyclic amines) is 1. The lowest BCUT2D eigenvalue weighted by Gasteiger charge is -2.24. The van der Waals surface area contributed by atoms with Crippen molar-refractivity contribution in [1.29, 1.82) is 0 Å². The van der Waals surface area contributed by atoms with Gasteiger partial charge in [0.2, 0.25) is 5.91 Å². The van der Waals surface area contributed by atoms with Gasteiger partial charge in [-0.2, -0.15) is 0 Å². The maximum Gasteiger partial charge on any atom is 0.236 e. The summed E-state index contributed by atoms with van der Waals surface area (Å²) in [6, 6.07) is 6.00. The number of carbonyl (C=O) groups excluding carboxylic acids is 1. The molecule has 0 bridgehead atoms. The molecule has 0 unspecified atom stereocenters. The molecule has 1 aromatic rings. The molecule has 144 valence electrons. The van der Waals surface area contributed by atoms with Crippen LogP contribution in [0, 0.1) is 0 Å². The Hall–Kier alpha value is -1.79. The van der Waals surface area contributed by atoms with Gasteiger partial charge >= 0.3 is 0 Å². The van der Waals surface area contributed by atoms with Crippen molar-refractivity contribution >= 4 is 5.91 Å². The summed E-state index contributed by atoms with van der Waals surface area (Å²) in [6.07, 6.45) is 2.10. The Balaban J connectivity index is 1.61. The molecule has 1 aromatic carbocycles. The van der Waals surface area contributed by atoms with Gasteiger partial charge in [0.15, 0.2) is 11.5 Å². The smallest absolute Gasteiger partial charge is 0.236 e. The van der Waals surface area contributed by atoms with Crippen LogP contribution < -0.4 is 9.47 Å². The van der Waals surface area contributed by atoms with Crippen molar-refractivity contribution in [2.45, 2.75) is 18.8 Å². The average molecular weight is 361 g/mol. The van der Waals surface area contributed by atoms with E-state index in [2.05, 4.69) is 22.9 Å². The molecule has 0 aromatic heterocycles. The molecule has 3 rings (SSSR count). The molecular weight excluding hydrogens is 330 g/mol. The number of amides is 1. The van der Waals surface area contributed by atoms with E-state index in [0.29, 0.717) is 12.5 Å². The molecule has 2 aliphatic heterocycles. The summed E-state index contributed by atoms with van der Waals surface area (Å²) in [5.41, 5.74) is 1.14. The minimum absolute atomic E-state index is 0.249. The predicted octanol–water partition coefficient (Wildman–Crippen LogP) is 1.66. The Morgan fingerprint density at radius 1 is 1.12 bits per heavy atom. The van der Waals surface area contributed by atoms with Crippen molar-refractivity contribution in [1.82, 2.24) is 14.7 Å². The maximum absolute atomic E-state index is 12.8. The van der Waals surface area contributed by atoms with Gasteiger partial charge in [-0.15, -0.1) is 0 Å². The van der Waals surface area contributed by atoms with E-state index in [1.54, 1.807) is 14.2 Å². The van der Waals surface area contributed by atoms with Crippen molar-refractivity contribution in [3.63, 3.8) is 0 Å². The minimum atomic E-state index is 0.249. The van der Waals surface area contributed by atoms with Gasteiger partial charge < -0.3 is 19.3 Å². The summed E-state index contributed by atoms with van der Waals surface area (Å²) in [6.45, 7) is 6.26. The normalized spacial score (nSPS) is 22.3. The van der Waals surface area contributed by atoms with Crippen LogP contribution in [0.5, 0.6) is 11.5 Å². The Kier molecular flexibility index (Phi) is 6.38. The first kappa shape index (κ1) is 19.0. The lowest BCUT2D eigenvalue weighted by molar-refractivity contribution is -0.131. The molecule has 0 N–H and O–H groups in total. The summed E-state index contributed by atoms with van der Waals surface area (Å²) in [4.78, 5) is 19.4. The van der Waals surface area contributed by atoms with Crippen molar-refractivity contribution < 1.29 is 14.3 Å². The summed E-state index contributed by atoms with van der Waals surface area (Å²) in [7, 11) is 5.48. The molecule has 6 nitrogen and oxygen atoms in total. The lowest BCUT2D eigenvalue weighted by Crippen LogP contribution is -2.40. The zero-order valence-electron chi connectivity index (χ0n) is 16.2. The number of methoxy groups -OCH3 is 2. The molecule has 6 heteroatoms. The summed E-state index contributed by atoms with van der Waals surface area (Å²) < 4.78 is 11.0. The number of hydrogen-bond acceptors (Lipinski definition) is 5. The molecule has 2 heterocycles. The number of carbonyl (C=O) groups is 1. The van der Waals surface area contributed by atoms with Crippen molar-refractivity contribution in [2.75, 3.05) is 67.1 Å². The van der Waals surface area contributed by atoms with Gasteiger partial charge in [-0.1, -0.05) is 12.1 Å². The summed E-state index contributed by atoms with van der Waals surface area (Å²) >= 11 is 0. The van der Waals surface area contributed by atoms with Gasteiger partial charge in [-0.3, -0.25) is 9.69 Å². The molecule has 2 fully saturated rings. The van der Waals surface area contributed by atoms with Crippen LogP contribution in [0.1, 0.15) is 24.3 Å². The molecule has 2 aliphatic rings. The first-order valence-corrected chi connectivity index (χ1v) is 9.52. The molecule has 1 amide bonds. The van der Waals surface area contributed by atoms with Gasteiger partial charge in [-0.05, 0) is 39.0 Å². The highest BCUT2D eigenvalue weighted by Gasteiger charge is 2.30. The predicted molar refractivity (Wildman–Crippen MR) is 102 cm³/mol. The van der Waals surface area contributed by atoms with Gasteiger partial charge in [-0.25, -0.2) is 0 Å². The minimum Gasteiger partial charge on any atom is -0.493 e. The van der Waals surface area contributed by atoms with Gasteiger partial charge in [0.25, 0.3) is 0 Å². The summed E-state index contributed by atoms with van der Waals surface area (Å²) in [5.74, 6) is 2.10. The van der Waals surface area contributed by atoms with Crippen molar-refractivity contribution in [3.8, 4) is 11.5 Å². The van der Waals surface area contributed by atoms with E-state index in [4.69, 9.17) is 9.47 Å². The van der Waals surface area contributed by atoms with Gasteiger partial charge in [0.05, 0.1) is 20.8 Å². The van der Waals surface area contributed by atoms with Gasteiger partial charge in [0, 0.05) is 37.7 Å². The Bertz CT molecular complexity index is 622. The quantitative estimate of drug-likeness (QED) is 0.798. The zero-order valence-corrected chi connectivity index (χ0v) is 16.2. The fourth-order valence-electron chi connectivity index (χ4n) is 4.02. The second-order valence-electron chi connectivity index (χ2n) is 7.34. The van der Waals surface area contributed by atoms with Crippen LogP contribution in [0.15, 0.2) is 18.2 Å². The fourth-order valence-corrected chi connectivity index (χ4v) is 4.02. The first-order chi connectivity index (χ1) is 12.6. The molecular formula is C20H31N3O3. The average Bonchev–Trinajstić information content (AvgIpc) is 3.06. The zero-order chi connectivity index (χ0) is 18.5. The topological polar surface area (TPSA) is 45.2 Å². The number of benzene rings is 1. The largest absolute Gasteiger partial charge is 0.493 e. The monoisotopic (exact) mass is 361 g/mol. The Morgan fingerprint density at radius 2 is 1.96 bits per heavy atom. The van der Waals surface area contributed by atoms with Crippen molar-refractivity contribution in [3.05, 3.63) is 23.8 Å². The molecule has 1 atom stereocenters. The third-order valence-corrected chi connectivity index (χ3v) is 5.59. The Labute approximate surface area is 156 Å². The highest BCUT2D eigenvalue weighted by molar-refractivity contribution is 5.78. The second kappa shape index (κ2) is 8.73. The highest BCUT2D eigenvalue weighted by Crippen LogP contribution is 2.39. The first-order valence-electron chi connectivity index (χ1n) is 9.52. The van der Waals surface area contributed by atoms with E-state index in [0.717, 1.165) is 69.2 Å². The molecule has 2 saturated heterocycles. The standard InChI is InChI=1S/C20H31N3O3/c1-21-9-5-10-22(13-12-21)15-19(24)23-11-8-16(14-23)17-6-4-7-18(25-2)20(17)26-3/h4,6-7,16H,5,8-15H2,1-3H3/t16-/m1/s1. The number of hydrogen-bond donors (Lipinski definition) is 0. The molecule has 0 aliphatic carbocycles. The molecule has 0 saturated carbocycles. The maximum atomic E-state index is 12.8. The third-order valence-electron chi connectivity index (χ3n) is 5.59. The fraction of sp³-hybridized carbons (Fsp3) is 0.650. The number of likely N-dealkylation sites (N-methyl/N-ethyl adjacent to an activating group) is 1. The van der Waals surface area contributed by atoms with Crippen LogP contribution >= 0.6 is 0 Å². The molecule has 0 radical (unpaired) electrons.